The van der Waals surface area contributed by atoms with Crippen LogP contribution < -0.4 is 10.1 Å². The van der Waals surface area contributed by atoms with Gasteiger partial charge in [0.25, 0.3) is 0 Å². The second-order valence-electron chi connectivity index (χ2n) is 5.94. The van der Waals surface area contributed by atoms with Crippen LogP contribution in [0.4, 0.5) is 5.69 Å². The van der Waals surface area contributed by atoms with Crippen LogP contribution in [0.1, 0.15) is 6.92 Å². The molecule has 0 unspecified atom stereocenters. The van der Waals surface area contributed by atoms with E-state index in [2.05, 4.69) is 10.2 Å². The van der Waals surface area contributed by atoms with E-state index in [-0.39, 0.29) is 10.8 Å². The molecule has 1 heterocycles. The lowest BCUT2D eigenvalue weighted by Crippen LogP contribution is -2.47. The number of hydrogen-bond acceptors (Lipinski definition) is 5. The molecule has 142 valence electrons. The minimum Gasteiger partial charge on any atom is -0.495 e. The normalized spacial score (nSPS) is 17.0. The van der Waals surface area contributed by atoms with Crippen molar-refractivity contribution in [1.29, 1.82) is 0 Å². The van der Waals surface area contributed by atoms with Crippen molar-refractivity contribution in [3.63, 3.8) is 0 Å². The van der Waals surface area contributed by atoms with Gasteiger partial charge in [0, 0.05) is 32.3 Å². The summed E-state index contributed by atoms with van der Waals surface area (Å²) in [7, 11) is -0.187. The average molecular weight is 379 g/mol. The van der Waals surface area contributed by atoms with Crippen LogP contribution in [0.15, 0.2) is 47.4 Å². The number of anilines is 1. The highest BCUT2D eigenvalue weighted by Gasteiger charge is 2.28. The van der Waals surface area contributed by atoms with E-state index in [9.17, 15) is 13.2 Å². The van der Waals surface area contributed by atoms with Crippen LogP contribution in [0.2, 0.25) is 0 Å². The molecule has 1 aliphatic heterocycles. The largest absolute Gasteiger partial charge is 0.495 e. The number of allylic oxidation sites excluding steroid dienone is 3. The molecular weight excluding hydrogens is 354 g/mol. The molecule has 1 amide bonds. The SMILES string of the molecule is C/C=C/C=C/C(=O)Nc1cc(S(=O)(=O)N2CCN(C)CC2)ccc1OC. The Bertz CT molecular complexity index is 795. The number of methoxy groups -OCH3 is 1. The molecule has 2 rings (SSSR count). The molecule has 0 saturated carbocycles. The first-order chi connectivity index (χ1) is 12.4. The summed E-state index contributed by atoms with van der Waals surface area (Å²) in [5.74, 6) is 0.0330. The van der Waals surface area contributed by atoms with Gasteiger partial charge in [0.1, 0.15) is 5.75 Å². The number of piperazine rings is 1. The van der Waals surface area contributed by atoms with Gasteiger partial charge in [-0.1, -0.05) is 18.2 Å². The number of rotatable bonds is 6. The highest BCUT2D eigenvalue weighted by atomic mass is 32.2. The molecule has 1 aromatic carbocycles. The van der Waals surface area contributed by atoms with Crippen LogP contribution in [-0.4, -0.2) is 63.9 Å². The number of sulfonamides is 1. The number of ether oxygens (including phenoxy) is 1. The maximum absolute atomic E-state index is 12.9. The summed E-state index contributed by atoms with van der Waals surface area (Å²) in [6.45, 7) is 4.11. The molecule has 8 heteroatoms. The van der Waals surface area contributed by atoms with Crippen molar-refractivity contribution >= 4 is 21.6 Å². The zero-order chi connectivity index (χ0) is 19.2. The third-order valence-corrected chi connectivity index (χ3v) is 5.97. The number of benzene rings is 1. The fraction of sp³-hybridized carbons (Fsp3) is 0.389. The van der Waals surface area contributed by atoms with E-state index >= 15 is 0 Å². The second-order valence-corrected chi connectivity index (χ2v) is 7.88. The quantitative estimate of drug-likeness (QED) is 0.601. The standard InChI is InChI=1S/C18H25N3O4S/c1-4-5-6-7-18(22)19-16-14-15(8-9-17(16)25-3)26(23,24)21-12-10-20(2)11-13-21/h4-9,14H,10-13H2,1-3H3,(H,19,22)/b5-4+,7-6+. The maximum atomic E-state index is 12.9. The fourth-order valence-electron chi connectivity index (χ4n) is 2.55. The lowest BCUT2D eigenvalue weighted by atomic mass is 10.3. The van der Waals surface area contributed by atoms with Crippen LogP contribution in [0, 0.1) is 0 Å². The average Bonchev–Trinajstić information content (AvgIpc) is 2.62. The van der Waals surface area contributed by atoms with Crippen LogP contribution in [0.25, 0.3) is 0 Å². The number of nitrogens with zero attached hydrogens (tertiary/aromatic N) is 2. The van der Waals surface area contributed by atoms with Crippen molar-refractivity contribution in [2.24, 2.45) is 0 Å². The van der Waals surface area contributed by atoms with Gasteiger partial charge in [-0.3, -0.25) is 4.79 Å². The summed E-state index contributed by atoms with van der Waals surface area (Å²) < 4.78 is 32.4. The molecule has 1 saturated heterocycles. The summed E-state index contributed by atoms with van der Waals surface area (Å²) in [5, 5.41) is 2.67. The number of carbonyl (C=O) groups is 1. The highest BCUT2D eigenvalue weighted by Crippen LogP contribution is 2.29. The van der Waals surface area contributed by atoms with Gasteiger partial charge >= 0.3 is 0 Å². The number of amides is 1. The Morgan fingerprint density at radius 2 is 1.88 bits per heavy atom. The van der Waals surface area contributed by atoms with E-state index in [4.69, 9.17) is 4.74 Å². The van der Waals surface area contributed by atoms with Gasteiger partial charge in [0.05, 0.1) is 17.7 Å². The van der Waals surface area contributed by atoms with Crippen LogP contribution in [-0.2, 0) is 14.8 Å². The topological polar surface area (TPSA) is 79.0 Å². The predicted octanol–water partition coefficient (Wildman–Crippen LogP) is 1.70. The monoisotopic (exact) mass is 379 g/mol. The summed E-state index contributed by atoms with van der Waals surface area (Å²) in [5.41, 5.74) is 0.317. The summed E-state index contributed by atoms with van der Waals surface area (Å²) >= 11 is 0. The molecule has 7 nitrogen and oxygen atoms in total. The van der Waals surface area contributed by atoms with Crippen LogP contribution >= 0.6 is 0 Å². The van der Waals surface area contributed by atoms with E-state index in [1.54, 1.807) is 24.3 Å². The number of likely N-dealkylation sites (N-methyl/N-ethyl adjacent to an activating group) is 1. The molecule has 26 heavy (non-hydrogen) atoms. The van der Waals surface area contributed by atoms with Crippen molar-refractivity contribution in [2.45, 2.75) is 11.8 Å². The molecule has 1 aliphatic rings. The maximum Gasteiger partial charge on any atom is 0.248 e. The van der Waals surface area contributed by atoms with Crippen molar-refractivity contribution in [2.75, 3.05) is 45.7 Å². The smallest absolute Gasteiger partial charge is 0.248 e. The van der Waals surface area contributed by atoms with Gasteiger partial charge in [-0.15, -0.1) is 0 Å². The summed E-state index contributed by atoms with van der Waals surface area (Å²) in [6, 6.07) is 4.49. The predicted molar refractivity (Wildman–Crippen MR) is 102 cm³/mol. The Morgan fingerprint density at radius 3 is 2.50 bits per heavy atom. The highest BCUT2D eigenvalue weighted by molar-refractivity contribution is 7.89. The molecule has 0 spiro atoms. The Balaban J connectivity index is 2.26. The van der Waals surface area contributed by atoms with Crippen LogP contribution in [0.5, 0.6) is 5.75 Å². The Kier molecular flexibility index (Phi) is 6.96. The first-order valence-corrected chi connectivity index (χ1v) is 9.79. The number of carbonyl (C=O) groups excluding carboxylic acids is 1. The molecule has 0 aliphatic carbocycles. The zero-order valence-corrected chi connectivity index (χ0v) is 16.1. The lowest BCUT2D eigenvalue weighted by Gasteiger charge is -2.31. The van der Waals surface area contributed by atoms with Crippen molar-refractivity contribution < 1.29 is 17.9 Å². The molecule has 1 fully saturated rings. The zero-order valence-electron chi connectivity index (χ0n) is 15.3. The van der Waals surface area contributed by atoms with Gasteiger partial charge in [-0.25, -0.2) is 8.42 Å². The summed E-state index contributed by atoms with van der Waals surface area (Å²) in [6.07, 6.45) is 6.49. The van der Waals surface area contributed by atoms with E-state index in [1.165, 1.54) is 29.6 Å². The number of nitrogens with one attached hydrogen (secondary N) is 1. The van der Waals surface area contributed by atoms with Gasteiger partial charge in [-0.05, 0) is 32.2 Å². The first kappa shape index (κ1) is 20.2. The second kappa shape index (κ2) is 8.98. The molecule has 0 radical (unpaired) electrons. The van der Waals surface area contributed by atoms with E-state index in [0.717, 1.165) is 0 Å². The fourth-order valence-corrected chi connectivity index (χ4v) is 4.00. The minimum absolute atomic E-state index is 0.135. The third-order valence-electron chi connectivity index (χ3n) is 4.08. The van der Waals surface area contributed by atoms with Crippen molar-refractivity contribution in [1.82, 2.24) is 9.21 Å². The minimum atomic E-state index is -3.62. The van der Waals surface area contributed by atoms with Crippen LogP contribution in [0.3, 0.4) is 0 Å². The van der Waals surface area contributed by atoms with E-state index in [0.29, 0.717) is 37.6 Å². The van der Waals surface area contributed by atoms with Crippen molar-refractivity contribution in [3.05, 3.63) is 42.5 Å². The Hall–Kier alpha value is -2.16. The Morgan fingerprint density at radius 1 is 1.19 bits per heavy atom. The lowest BCUT2D eigenvalue weighted by molar-refractivity contribution is -0.111. The van der Waals surface area contributed by atoms with Gasteiger partial charge in [0.2, 0.25) is 15.9 Å². The van der Waals surface area contributed by atoms with Gasteiger partial charge in [-0.2, -0.15) is 4.31 Å². The third kappa shape index (κ3) is 4.94. The van der Waals surface area contributed by atoms with Crippen molar-refractivity contribution in [3.8, 4) is 5.75 Å². The van der Waals surface area contributed by atoms with Gasteiger partial charge < -0.3 is 15.0 Å². The molecule has 1 aromatic rings. The molecule has 1 N–H and O–H groups in total. The summed E-state index contributed by atoms with van der Waals surface area (Å²) in [4.78, 5) is 14.2. The molecule has 0 atom stereocenters. The molecule has 0 bridgehead atoms. The van der Waals surface area contributed by atoms with E-state index < -0.39 is 10.0 Å². The van der Waals surface area contributed by atoms with Gasteiger partial charge in [0.15, 0.2) is 0 Å². The first-order valence-electron chi connectivity index (χ1n) is 8.35. The molecule has 0 aromatic heterocycles. The Labute approximate surface area is 155 Å². The number of hydrogen-bond donors (Lipinski definition) is 1. The van der Waals surface area contributed by atoms with E-state index in [1.807, 2.05) is 14.0 Å². The molecular formula is C18H25N3O4S.